The van der Waals surface area contributed by atoms with E-state index in [1.165, 1.54) is 7.11 Å². The number of nitriles is 1. The van der Waals surface area contributed by atoms with Gasteiger partial charge in [-0.1, -0.05) is 0 Å². The summed E-state index contributed by atoms with van der Waals surface area (Å²) in [5.74, 6) is 1.47. The van der Waals surface area contributed by atoms with E-state index < -0.39 is 0 Å². The molecule has 78 valence electrons. The molecule has 0 bridgehead atoms. The van der Waals surface area contributed by atoms with E-state index in [2.05, 4.69) is 31.9 Å². The number of hydrogen-bond acceptors (Lipinski definition) is 4. The second kappa shape index (κ2) is 3.91. The number of methoxy groups -OCH3 is 1. The first-order valence-electron chi connectivity index (χ1n) is 3.95. The van der Waals surface area contributed by atoms with E-state index in [-0.39, 0.29) is 6.79 Å². The van der Waals surface area contributed by atoms with Gasteiger partial charge in [0.05, 0.1) is 11.6 Å². The van der Waals surface area contributed by atoms with Crippen LogP contribution < -0.4 is 14.2 Å². The molecule has 1 aliphatic heterocycles. The van der Waals surface area contributed by atoms with E-state index in [9.17, 15) is 0 Å². The molecule has 4 nitrogen and oxygen atoms in total. The Morgan fingerprint density at radius 1 is 1.27 bits per heavy atom. The van der Waals surface area contributed by atoms with Crippen LogP contribution in [0.15, 0.2) is 8.95 Å². The quantitative estimate of drug-likeness (QED) is 0.792. The molecule has 0 N–H and O–H groups in total. The highest BCUT2D eigenvalue weighted by molar-refractivity contribution is 9.11. The SMILES string of the molecule is COc1c(Br)c(C#N)c2c(c1Br)OCO2. The van der Waals surface area contributed by atoms with Crippen molar-refractivity contribution in [3.05, 3.63) is 14.5 Å². The van der Waals surface area contributed by atoms with Crippen molar-refractivity contribution in [1.82, 2.24) is 0 Å². The Balaban J connectivity index is 2.79. The molecule has 1 aromatic carbocycles. The van der Waals surface area contributed by atoms with Crippen LogP contribution in [0.3, 0.4) is 0 Å². The van der Waals surface area contributed by atoms with E-state index >= 15 is 0 Å². The van der Waals surface area contributed by atoms with Gasteiger partial charge < -0.3 is 14.2 Å². The van der Waals surface area contributed by atoms with Gasteiger partial charge in [0.25, 0.3) is 0 Å². The summed E-state index contributed by atoms with van der Waals surface area (Å²) in [5, 5.41) is 9.01. The zero-order valence-electron chi connectivity index (χ0n) is 7.63. The number of fused-ring (bicyclic) bond motifs is 1. The van der Waals surface area contributed by atoms with Gasteiger partial charge in [0.15, 0.2) is 17.2 Å². The van der Waals surface area contributed by atoms with Crippen LogP contribution in [-0.2, 0) is 0 Å². The summed E-state index contributed by atoms with van der Waals surface area (Å²) >= 11 is 6.63. The second-order valence-electron chi connectivity index (χ2n) is 2.71. The van der Waals surface area contributed by atoms with Gasteiger partial charge >= 0.3 is 0 Å². The van der Waals surface area contributed by atoms with Crippen molar-refractivity contribution in [2.24, 2.45) is 0 Å². The van der Waals surface area contributed by atoms with Gasteiger partial charge in [-0.05, 0) is 31.9 Å². The minimum atomic E-state index is 0.113. The summed E-state index contributed by atoms with van der Waals surface area (Å²) in [7, 11) is 1.52. The maximum absolute atomic E-state index is 9.01. The molecule has 1 aliphatic rings. The molecule has 0 saturated heterocycles. The average Bonchev–Trinajstić information content (AvgIpc) is 2.68. The highest BCUT2D eigenvalue weighted by Crippen LogP contribution is 2.51. The average molecular weight is 335 g/mol. The molecular weight excluding hydrogens is 330 g/mol. The van der Waals surface area contributed by atoms with Crippen LogP contribution in [0, 0.1) is 11.3 Å². The van der Waals surface area contributed by atoms with Crippen LogP contribution in [-0.4, -0.2) is 13.9 Å². The van der Waals surface area contributed by atoms with Gasteiger partial charge in [-0.3, -0.25) is 0 Å². The maximum Gasteiger partial charge on any atom is 0.231 e. The lowest BCUT2D eigenvalue weighted by Gasteiger charge is -2.10. The predicted octanol–water partition coefficient (Wildman–Crippen LogP) is 2.82. The van der Waals surface area contributed by atoms with Crippen LogP contribution in [0.5, 0.6) is 17.2 Å². The lowest BCUT2D eigenvalue weighted by atomic mass is 10.2. The second-order valence-corrected chi connectivity index (χ2v) is 4.30. The van der Waals surface area contributed by atoms with Gasteiger partial charge in [-0.15, -0.1) is 0 Å². The Morgan fingerprint density at radius 3 is 2.53 bits per heavy atom. The number of nitrogens with zero attached hydrogens (tertiary/aromatic N) is 1. The van der Waals surface area contributed by atoms with Gasteiger partial charge in [-0.2, -0.15) is 5.26 Å². The molecule has 6 heteroatoms. The third kappa shape index (κ3) is 1.46. The van der Waals surface area contributed by atoms with E-state index in [1.54, 1.807) is 0 Å². The number of halogens is 2. The summed E-state index contributed by atoms with van der Waals surface area (Å²) in [6.45, 7) is 0.113. The number of hydrogen-bond donors (Lipinski definition) is 0. The minimum Gasteiger partial charge on any atom is -0.494 e. The highest BCUT2D eigenvalue weighted by atomic mass is 79.9. The van der Waals surface area contributed by atoms with Crippen molar-refractivity contribution in [3.63, 3.8) is 0 Å². The molecule has 0 aromatic heterocycles. The van der Waals surface area contributed by atoms with Crippen molar-refractivity contribution < 1.29 is 14.2 Å². The Hall–Kier alpha value is -0.930. The standard InChI is InChI=1S/C9H5Br2NO3/c1-13-8-5(10)4(2-12)7-9(6(8)11)15-3-14-7/h3H2,1H3. The Kier molecular flexibility index (Phi) is 2.76. The predicted molar refractivity (Wildman–Crippen MR) is 59.2 cm³/mol. The number of ether oxygens (including phenoxy) is 3. The van der Waals surface area contributed by atoms with Gasteiger partial charge in [-0.25, -0.2) is 0 Å². The molecule has 0 amide bonds. The Morgan fingerprint density at radius 2 is 1.93 bits per heavy atom. The molecule has 15 heavy (non-hydrogen) atoms. The van der Waals surface area contributed by atoms with Crippen LogP contribution in [0.25, 0.3) is 0 Å². The zero-order chi connectivity index (χ0) is 11.0. The maximum atomic E-state index is 9.01. The van der Waals surface area contributed by atoms with Crippen LogP contribution in [0.4, 0.5) is 0 Å². The third-order valence-electron chi connectivity index (χ3n) is 1.97. The van der Waals surface area contributed by atoms with Gasteiger partial charge in [0, 0.05) is 0 Å². The molecule has 0 radical (unpaired) electrons. The zero-order valence-corrected chi connectivity index (χ0v) is 10.8. The smallest absolute Gasteiger partial charge is 0.231 e. The highest BCUT2D eigenvalue weighted by Gasteiger charge is 2.28. The molecule has 1 aromatic rings. The summed E-state index contributed by atoms with van der Waals surface area (Å²) in [5.41, 5.74) is 0.377. The van der Waals surface area contributed by atoms with E-state index in [1.807, 2.05) is 6.07 Å². The molecule has 0 spiro atoms. The van der Waals surface area contributed by atoms with Crippen LogP contribution >= 0.6 is 31.9 Å². The van der Waals surface area contributed by atoms with Crippen molar-refractivity contribution in [1.29, 1.82) is 5.26 Å². The van der Waals surface area contributed by atoms with Crippen molar-refractivity contribution >= 4 is 31.9 Å². The summed E-state index contributed by atoms with van der Waals surface area (Å²) in [6, 6.07) is 2.04. The molecule has 0 aliphatic carbocycles. The van der Waals surface area contributed by atoms with E-state index in [0.29, 0.717) is 31.8 Å². The summed E-state index contributed by atoms with van der Waals surface area (Å²) in [6.07, 6.45) is 0. The molecule has 2 rings (SSSR count). The van der Waals surface area contributed by atoms with Crippen molar-refractivity contribution in [2.75, 3.05) is 13.9 Å². The van der Waals surface area contributed by atoms with Crippen LogP contribution in [0.2, 0.25) is 0 Å². The number of rotatable bonds is 1. The molecule has 0 unspecified atom stereocenters. The van der Waals surface area contributed by atoms with Gasteiger partial charge in [0.2, 0.25) is 6.79 Å². The monoisotopic (exact) mass is 333 g/mol. The van der Waals surface area contributed by atoms with E-state index in [0.717, 1.165) is 0 Å². The molecule has 0 fully saturated rings. The normalized spacial score (nSPS) is 12.4. The van der Waals surface area contributed by atoms with Gasteiger partial charge in [0.1, 0.15) is 16.1 Å². The summed E-state index contributed by atoms with van der Waals surface area (Å²) in [4.78, 5) is 0. The van der Waals surface area contributed by atoms with Crippen LogP contribution in [0.1, 0.15) is 5.56 Å². The Bertz CT molecular complexity index is 464. The lowest BCUT2D eigenvalue weighted by molar-refractivity contribution is 0.173. The first kappa shape index (κ1) is 10.6. The largest absolute Gasteiger partial charge is 0.494 e. The fourth-order valence-electron chi connectivity index (χ4n) is 1.32. The fourth-order valence-corrected chi connectivity index (χ4v) is 2.87. The minimum absolute atomic E-state index is 0.113. The van der Waals surface area contributed by atoms with Crippen molar-refractivity contribution in [3.8, 4) is 23.3 Å². The first-order chi connectivity index (χ1) is 7.20. The molecule has 0 atom stereocenters. The van der Waals surface area contributed by atoms with Crippen molar-refractivity contribution in [2.45, 2.75) is 0 Å². The molecule has 1 heterocycles. The third-order valence-corrected chi connectivity index (χ3v) is 3.45. The first-order valence-corrected chi connectivity index (χ1v) is 5.54. The number of benzene rings is 1. The molecule has 0 saturated carbocycles. The Labute approximate surface area is 103 Å². The lowest BCUT2D eigenvalue weighted by Crippen LogP contribution is -1.93. The fraction of sp³-hybridized carbons (Fsp3) is 0.222. The topological polar surface area (TPSA) is 51.5 Å². The molecular formula is C9H5Br2NO3. The van der Waals surface area contributed by atoms with E-state index in [4.69, 9.17) is 19.5 Å². The summed E-state index contributed by atoms with van der Waals surface area (Å²) < 4.78 is 16.8.